The Labute approximate surface area is 127 Å². The molecule has 0 aliphatic rings. The van der Waals surface area contributed by atoms with Crippen molar-refractivity contribution in [2.75, 3.05) is 0 Å². The Morgan fingerprint density at radius 2 is 1.95 bits per heavy atom. The summed E-state index contributed by atoms with van der Waals surface area (Å²) in [4.78, 5) is 26.6. The van der Waals surface area contributed by atoms with E-state index in [9.17, 15) is 9.59 Å². The van der Waals surface area contributed by atoms with Crippen LogP contribution in [0.4, 0.5) is 0 Å². The highest BCUT2D eigenvalue weighted by atomic mass is 127. The molecule has 20 heavy (non-hydrogen) atoms. The van der Waals surface area contributed by atoms with Crippen molar-refractivity contribution >= 4 is 33.6 Å². The fourth-order valence-electron chi connectivity index (χ4n) is 2.07. The lowest BCUT2D eigenvalue weighted by Crippen LogP contribution is -2.32. The first kappa shape index (κ1) is 13.1. The lowest BCUT2D eigenvalue weighted by atomic mass is 10.2. The zero-order valence-corrected chi connectivity index (χ0v) is 12.8. The average Bonchev–Trinajstić information content (AvgIpc) is 2.73. The normalized spacial score (nSPS) is 11.1. The number of H-pyrrole nitrogens is 1. The number of hydrogen-bond donors (Lipinski definition) is 1. The van der Waals surface area contributed by atoms with E-state index in [1.54, 1.807) is 4.68 Å². The molecule has 0 atom stereocenters. The van der Waals surface area contributed by atoms with Crippen LogP contribution in [0.2, 0.25) is 0 Å². The van der Waals surface area contributed by atoms with Crippen molar-refractivity contribution < 1.29 is 0 Å². The second-order valence-corrected chi connectivity index (χ2v) is 5.47. The maximum atomic E-state index is 12.1. The molecule has 2 aromatic heterocycles. The van der Waals surface area contributed by atoms with Gasteiger partial charge in [-0.05, 0) is 28.2 Å². The minimum atomic E-state index is -0.437. The SMILES string of the molecule is Cn1c(=O)[nH]c2c(c(I)nn2Cc2ccccc2)c1=O. The first-order chi connectivity index (χ1) is 9.58. The molecule has 6 nitrogen and oxygen atoms in total. The predicted molar refractivity (Wildman–Crippen MR) is 83.9 cm³/mol. The van der Waals surface area contributed by atoms with Crippen molar-refractivity contribution in [1.29, 1.82) is 0 Å². The second kappa shape index (κ2) is 4.89. The minimum Gasteiger partial charge on any atom is -0.291 e. The Morgan fingerprint density at radius 3 is 2.65 bits per heavy atom. The number of nitrogens with zero attached hydrogens (tertiary/aromatic N) is 3. The van der Waals surface area contributed by atoms with Crippen molar-refractivity contribution in [2.45, 2.75) is 6.54 Å². The third-order valence-electron chi connectivity index (χ3n) is 3.13. The minimum absolute atomic E-state index is 0.326. The van der Waals surface area contributed by atoms with E-state index in [-0.39, 0.29) is 5.56 Å². The summed E-state index contributed by atoms with van der Waals surface area (Å²) >= 11 is 2.01. The molecule has 0 aliphatic carbocycles. The van der Waals surface area contributed by atoms with Crippen LogP contribution in [0.15, 0.2) is 39.9 Å². The van der Waals surface area contributed by atoms with Gasteiger partial charge >= 0.3 is 5.69 Å². The fraction of sp³-hybridized carbons (Fsp3) is 0.154. The van der Waals surface area contributed by atoms with Crippen molar-refractivity contribution in [3.05, 3.63) is 60.4 Å². The van der Waals surface area contributed by atoms with Gasteiger partial charge < -0.3 is 0 Å². The second-order valence-electron chi connectivity index (χ2n) is 4.45. The number of nitrogens with one attached hydrogen (secondary N) is 1. The lowest BCUT2D eigenvalue weighted by Gasteiger charge is -2.03. The number of rotatable bonds is 2. The van der Waals surface area contributed by atoms with Gasteiger partial charge in [0.25, 0.3) is 5.56 Å². The molecule has 0 aliphatic heterocycles. The molecular weight excluding hydrogens is 371 g/mol. The van der Waals surface area contributed by atoms with Crippen LogP contribution in [-0.4, -0.2) is 19.3 Å². The molecule has 0 fully saturated rings. The Kier molecular flexibility index (Phi) is 3.20. The Balaban J connectivity index is 2.23. The van der Waals surface area contributed by atoms with Crippen molar-refractivity contribution in [1.82, 2.24) is 19.3 Å². The van der Waals surface area contributed by atoms with Gasteiger partial charge in [-0.3, -0.25) is 14.3 Å². The monoisotopic (exact) mass is 382 g/mol. The van der Waals surface area contributed by atoms with Gasteiger partial charge in [0.15, 0.2) is 0 Å². The fourth-order valence-corrected chi connectivity index (χ4v) is 2.81. The number of fused-ring (bicyclic) bond motifs is 1. The number of aromatic nitrogens is 4. The predicted octanol–water partition coefficient (Wildman–Crippen LogP) is 1.08. The summed E-state index contributed by atoms with van der Waals surface area (Å²) in [7, 11) is 1.45. The number of aromatic amines is 1. The van der Waals surface area contributed by atoms with Crippen LogP contribution in [0.3, 0.4) is 0 Å². The van der Waals surface area contributed by atoms with Crippen molar-refractivity contribution in [3.63, 3.8) is 0 Å². The van der Waals surface area contributed by atoms with E-state index in [1.165, 1.54) is 7.05 Å². The van der Waals surface area contributed by atoms with Gasteiger partial charge in [0.1, 0.15) is 14.7 Å². The first-order valence-electron chi connectivity index (χ1n) is 5.97. The number of hydrogen-bond acceptors (Lipinski definition) is 3. The molecule has 0 unspecified atom stereocenters. The summed E-state index contributed by atoms with van der Waals surface area (Å²) in [5.41, 5.74) is 0.752. The average molecular weight is 382 g/mol. The highest BCUT2D eigenvalue weighted by Crippen LogP contribution is 2.15. The molecule has 7 heteroatoms. The number of halogens is 1. The van der Waals surface area contributed by atoms with Crippen LogP contribution in [0.25, 0.3) is 11.0 Å². The molecule has 0 saturated heterocycles. The third-order valence-corrected chi connectivity index (χ3v) is 3.89. The highest BCUT2D eigenvalue weighted by molar-refractivity contribution is 14.1. The molecule has 102 valence electrons. The molecule has 0 bridgehead atoms. The summed E-state index contributed by atoms with van der Waals surface area (Å²) in [5, 5.41) is 4.80. The van der Waals surface area contributed by atoms with Crippen LogP contribution in [0, 0.1) is 3.70 Å². The van der Waals surface area contributed by atoms with E-state index in [4.69, 9.17) is 0 Å². The zero-order valence-electron chi connectivity index (χ0n) is 10.6. The Hall–Kier alpha value is -1.90. The van der Waals surface area contributed by atoms with Crippen LogP contribution in [0.1, 0.15) is 5.56 Å². The maximum Gasteiger partial charge on any atom is 0.329 e. The van der Waals surface area contributed by atoms with E-state index in [2.05, 4.69) is 10.1 Å². The summed E-state index contributed by atoms with van der Waals surface area (Å²) in [6, 6.07) is 9.76. The van der Waals surface area contributed by atoms with Crippen LogP contribution >= 0.6 is 22.6 Å². The Morgan fingerprint density at radius 1 is 1.25 bits per heavy atom. The molecule has 1 aromatic carbocycles. The third kappa shape index (κ3) is 2.07. The summed E-state index contributed by atoms with van der Waals surface area (Å²) in [6.45, 7) is 0.503. The van der Waals surface area contributed by atoms with E-state index in [0.717, 1.165) is 10.1 Å². The van der Waals surface area contributed by atoms with Gasteiger partial charge in [-0.2, -0.15) is 5.10 Å². The van der Waals surface area contributed by atoms with E-state index in [1.807, 2.05) is 52.9 Å². The topological polar surface area (TPSA) is 72.7 Å². The van der Waals surface area contributed by atoms with Crippen LogP contribution in [-0.2, 0) is 13.6 Å². The van der Waals surface area contributed by atoms with Crippen molar-refractivity contribution in [3.8, 4) is 0 Å². The molecule has 0 saturated carbocycles. The molecule has 0 amide bonds. The van der Waals surface area contributed by atoms with Gasteiger partial charge in [0.05, 0.1) is 6.54 Å². The summed E-state index contributed by atoms with van der Waals surface area (Å²) in [5.74, 6) is 0. The van der Waals surface area contributed by atoms with E-state index < -0.39 is 5.69 Å². The molecule has 3 aromatic rings. The first-order valence-corrected chi connectivity index (χ1v) is 7.05. The van der Waals surface area contributed by atoms with E-state index in [0.29, 0.717) is 21.3 Å². The van der Waals surface area contributed by atoms with Gasteiger partial charge in [-0.25, -0.2) is 9.48 Å². The van der Waals surface area contributed by atoms with Gasteiger partial charge in [0.2, 0.25) is 0 Å². The number of benzene rings is 1. The van der Waals surface area contributed by atoms with Gasteiger partial charge in [-0.15, -0.1) is 0 Å². The molecule has 0 spiro atoms. The van der Waals surface area contributed by atoms with Gasteiger partial charge in [0, 0.05) is 7.05 Å². The summed E-state index contributed by atoms with van der Waals surface area (Å²) < 4.78 is 3.29. The molecular formula is C13H11IN4O2. The van der Waals surface area contributed by atoms with E-state index >= 15 is 0 Å². The summed E-state index contributed by atoms with van der Waals surface area (Å²) in [6.07, 6.45) is 0. The largest absolute Gasteiger partial charge is 0.329 e. The molecule has 3 rings (SSSR count). The van der Waals surface area contributed by atoms with Gasteiger partial charge in [-0.1, -0.05) is 30.3 Å². The Bertz CT molecular complexity index is 892. The molecule has 1 N–H and O–H groups in total. The maximum absolute atomic E-state index is 12.1. The smallest absolute Gasteiger partial charge is 0.291 e. The van der Waals surface area contributed by atoms with Crippen LogP contribution < -0.4 is 11.2 Å². The molecule has 0 radical (unpaired) electrons. The highest BCUT2D eigenvalue weighted by Gasteiger charge is 2.15. The zero-order chi connectivity index (χ0) is 14.3. The molecule has 2 heterocycles. The standard InChI is InChI=1S/C13H11IN4O2/c1-17-12(19)9-10(14)16-18(11(9)15-13(17)20)7-8-5-3-2-4-6-8/h2-6H,7H2,1H3,(H,15,20). The van der Waals surface area contributed by atoms with Crippen LogP contribution in [0.5, 0.6) is 0 Å². The lowest BCUT2D eigenvalue weighted by molar-refractivity contribution is 0.691. The van der Waals surface area contributed by atoms with Crippen molar-refractivity contribution in [2.24, 2.45) is 7.05 Å². The quantitative estimate of drug-likeness (QED) is 0.675.